The normalized spacial score (nSPS) is 10.9. The van der Waals surface area contributed by atoms with Gasteiger partial charge in [0.15, 0.2) is 5.96 Å². The van der Waals surface area contributed by atoms with Crippen LogP contribution in [0.5, 0.6) is 5.88 Å². The molecular weight excluding hydrogens is 419 g/mol. The predicted octanol–water partition coefficient (Wildman–Crippen LogP) is 2.09. The zero-order chi connectivity index (χ0) is 16.5. The second-order valence-electron chi connectivity index (χ2n) is 4.93. The van der Waals surface area contributed by atoms with E-state index in [9.17, 15) is 0 Å². The summed E-state index contributed by atoms with van der Waals surface area (Å²) in [5.41, 5.74) is 2.15. The zero-order valence-electron chi connectivity index (χ0n) is 14.3. The minimum absolute atomic E-state index is 0. The molecule has 2 aromatic heterocycles. The molecule has 0 bridgehead atoms. The number of aromatic nitrogens is 3. The van der Waals surface area contributed by atoms with Crippen LogP contribution in [0.4, 0.5) is 0 Å². The Hall–Kier alpha value is -1.84. The number of aliphatic imine (C=N–C) groups is 1. The van der Waals surface area contributed by atoms with Crippen molar-refractivity contribution in [2.45, 2.75) is 26.9 Å². The maximum absolute atomic E-state index is 5.41. The lowest BCUT2D eigenvalue weighted by molar-refractivity contribution is 0.326. The van der Waals surface area contributed by atoms with Crippen molar-refractivity contribution in [1.82, 2.24) is 25.4 Å². The number of nitrogens with one attached hydrogen (secondary N) is 2. The molecule has 2 aromatic rings. The van der Waals surface area contributed by atoms with Gasteiger partial charge in [0.25, 0.3) is 0 Å². The number of rotatable bonds is 7. The molecule has 24 heavy (non-hydrogen) atoms. The number of hydrogen-bond acceptors (Lipinski definition) is 4. The van der Waals surface area contributed by atoms with Crippen molar-refractivity contribution >= 4 is 29.9 Å². The van der Waals surface area contributed by atoms with Crippen LogP contribution in [0.15, 0.2) is 35.6 Å². The molecule has 0 unspecified atom stereocenters. The number of pyridine rings is 1. The molecule has 0 amide bonds. The minimum atomic E-state index is 0. The largest absolute Gasteiger partial charge is 0.478 e. The van der Waals surface area contributed by atoms with Crippen molar-refractivity contribution < 1.29 is 4.74 Å². The van der Waals surface area contributed by atoms with Crippen molar-refractivity contribution in [1.29, 1.82) is 0 Å². The molecule has 2 rings (SSSR count). The monoisotopic (exact) mass is 444 g/mol. The zero-order valence-corrected chi connectivity index (χ0v) is 16.7. The lowest BCUT2D eigenvalue weighted by Gasteiger charge is -2.11. The van der Waals surface area contributed by atoms with Gasteiger partial charge in [-0.05, 0) is 31.5 Å². The first-order chi connectivity index (χ1) is 11.2. The Morgan fingerprint density at radius 2 is 2.08 bits per heavy atom. The Balaban J connectivity index is 0.00000288. The Morgan fingerprint density at radius 3 is 2.75 bits per heavy atom. The second kappa shape index (κ2) is 10.8. The van der Waals surface area contributed by atoms with E-state index in [0.717, 1.165) is 23.8 Å². The highest BCUT2D eigenvalue weighted by Crippen LogP contribution is 2.10. The molecule has 0 aliphatic carbocycles. The summed E-state index contributed by atoms with van der Waals surface area (Å²) in [5, 5.41) is 10.7. The maximum Gasteiger partial charge on any atom is 0.213 e. The minimum Gasteiger partial charge on any atom is -0.478 e. The summed E-state index contributed by atoms with van der Waals surface area (Å²) in [6.45, 7) is 6.62. The van der Waals surface area contributed by atoms with Crippen LogP contribution < -0.4 is 15.4 Å². The number of nitrogens with zero attached hydrogens (tertiary/aromatic N) is 4. The van der Waals surface area contributed by atoms with E-state index < -0.39 is 0 Å². The van der Waals surface area contributed by atoms with Crippen molar-refractivity contribution in [3.63, 3.8) is 0 Å². The summed E-state index contributed by atoms with van der Waals surface area (Å²) in [5.74, 6) is 1.40. The van der Waals surface area contributed by atoms with Crippen LogP contribution in [0.3, 0.4) is 0 Å². The van der Waals surface area contributed by atoms with Gasteiger partial charge in [-0.15, -0.1) is 24.0 Å². The van der Waals surface area contributed by atoms with Crippen LogP contribution in [0.1, 0.15) is 25.1 Å². The first-order valence-electron chi connectivity index (χ1n) is 7.79. The fourth-order valence-electron chi connectivity index (χ4n) is 2.04. The molecule has 0 saturated carbocycles. The first-order valence-corrected chi connectivity index (χ1v) is 7.79. The van der Waals surface area contributed by atoms with Gasteiger partial charge >= 0.3 is 0 Å². The van der Waals surface area contributed by atoms with Crippen LogP contribution in [-0.2, 0) is 20.1 Å². The molecule has 0 aliphatic heterocycles. The van der Waals surface area contributed by atoms with E-state index in [-0.39, 0.29) is 24.0 Å². The van der Waals surface area contributed by atoms with Crippen molar-refractivity contribution in [2.75, 3.05) is 13.2 Å². The lowest BCUT2D eigenvalue weighted by atomic mass is 10.3. The van der Waals surface area contributed by atoms with Crippen LogP contribution in [0.2, 0.25) is 0 Å². The van der Waals surface area contributed by atoms with Gasteiger partial charge < -0.3 is 15.4 Å². The summed E-state index contributed by atoms with van der Waals surface area (Å²) in [7, 11) is 1.92. The molecule has 2 heterocycles. The molecule has 0 aliphatic rings. The highest BCUT2D eigenvalue weighted by Gasteiger charge is 2.02. The van der Waals surface area contributed by atoms with Crippen LogP contribution in [0.25, 0.3) is 0 Å². The van der Waals surface area contributed by atoms with Gasteiger partial charge in [0.1, 0.15) is 0 Å². The average molecular weight is 444 g/mol. The maximum atomic E-state index is 5.41. The Bertz CT molecular complexity index is 643. The van der Waals surface area contributed by atoms with Gasteiger partial charge in [-0.1, -0.05) is 0 Å². The molecule has 0 spiro atoms. The molecule has 2 N–H and O–H groups in total. The number of aryl methyl sites for hydroxylation is 1. The second-order valence-corrected chi connectivity index (χ2v) is 4.93. The molecule has 0 radical (unpaired) electrons. The van der Waals surface area contributed by atoms with Gasteiger partial charge in [-0.2, -0.15) is 5.10 Å². The Labute approximate surface area is 159 Å². The van der Waals surface area contributed by atoms with Crippen molar-refractivity contribution in [3.8, 4) is 5.88 Å². The van der Waals surface area contributed by atoms with E-state index in [0.29, 0.717) is 25.6 Å². The third kappa shape index (κ3) is 6.34. The topological polar surface area (TPSA) is 76.4 Å². The van der Waals surface area contributed by atoms with E-state index in [2.05, 4.69) is 25.7 Å². The quantitative estimate of drug-likeness (QED) is 0.389. The SMILES string of the molecule is CCNC(=NCc1ccnc(OCC)c1)NCc1ccnn1C.I. The van der Waals surface area contributed by atoms with E-state index in [1.807, 2.05) is 43.8 Å². The van der Waals surface area contributed by atoms with Gasteiger partial charge in [0, 0.05) is 32.1 Å². The highest BCUT2D eigenvalue weighted by molar-refractivity contribution is 14.0. The van der Waals surface area contributed by atoms with Crippen molar-refractivity contribution in [2.24, 2.45) is 12.0 Å². The third-order valence-electron chi connectivity index (χ3n) is 3.21. The summed E-state index contributed by atoms with van der Waals surface area (Å²) in [4.78, 5) is 8.76. The summed E-state index contributed by atoms with van der Waals surface area (Å²) < 4.78 is 7.25. The van der Waals surface area contributed by atoms with Gasteiger partial charge in [0.05, 0.1) is 25.4 Å². The molecule has 0 saturated heterocycles. The van der Waals surface area contributed by atoms with Crippen LogP contribution >= 0.6 is 24.0 Å². The van der Waals surface area contributed by atoms with Gasteiger partial charge in [-0.3, -0.25) is 4.68 Å². The summed E-state index contributed by atoms with van der Waals surface area (Å²) in [6, 6.07) is 5.84. The number of hydrogen-bond donors (Lipinski definition) is 2. The smallest absolute Gasteiger partial charge is 0.213 e. The predicted molar refractivity (Wildman–Crippen MR) is 106 cm³/mol. The molecule has 0 aromatic carbocycles. The van der Waals surface area contributed by atoms with E-state index in [1.165, 1.54) is 0 Å². The molecule has 132 valence electrons. The Morgan fingerprint density at radius 1 is 1.25 bits per heavy atom. The van der Waals surface area contributed by atoms with Crippen LogP contribution in [0, 0.1) is 0 Å². The summed E-state index contributed by atoms with van der Waals surface area (Å²) >= 11 is 0. The molecule has 0 atom stereocenters. The molecule has 8 heteroatoms. The highest BCUT2D eigenvalue weighted by atomic mass is 127. The standard InChI is InChI=1S/C16H24N6O.HI/c1-4-17-16(20-12-14-7-9-21-22(14)3)19-11-13-6-8-18-15(10-13)23-5-2;/h6-10H,4-5,11-12H2,1-3H3,(H2,17,19,20);1H. The molecule has 7 nitrogen and oxygen atoms in total. The fraction of sp³-hybridized carbons (Fsp3) is 0.438. The van der Waals surface area contributed by atoms with E-state index in [1.54, 1.807) is 12.4 Å². The average Bonchev–Trinajstić information content (AvgIpc) is 2.96. The number of halogens is 1. The number of ether oxygens (including phenoxy) is 1. The Kier molecular flexibility index (Phi) is 9.13. The third-order valence-corrected chi connectivity index (χ3v) is 3.21. The summed E-state index contributed by atoms with van der Waals surface area (Å²) in [6.07, 6.45) is 3.53. The number of guanidine groups is 1. The van der Waals surface area contributed by atoms with Gasteiger partial charge in [0.2, 0.25) is 5.88 Å². The lowest BCUT2D eigenvalue weighted by Crippen LogP contribution is -2.37. The van der Waals surface area contributed by atoms with E-state index in [4.69, 9.17) is 4.74 Å². The van der Waals surface area contributed by atoms with E-state index >= 15 is 0 Å². The fourth-order valence-corrected chi connectivity index (χ4v) is 2.04. The van der Waals surface area contributed by atoms with Crippen molar-refractivity contribution in [3.05, 3.63) is 41.9 Å². The van der Waals surface area contributed by atoms with Crippen LogP contribution in [-0.4, -0.2) is 33.9 Å². The first kappa shape index (κ1) is 20.2. The van der Waals surface area contributed by atoms with Gasteiger partial charge in [-0.25, -0.2) is 9.98 Å². The molecular formula is C16H25IN6O. The molecule has 0 fully saturated rings.